The maximum Gasteiger partial charge on any atom is 0.137 e. The fourth-order valence-corrected chi connectivity index (χ4v) is 2.92. The van der Waals surface area contributed by atoms with E-state index in [9.17, 15) is 4.39 Å². The zero-order valence-electron chi connectivity index (χ0n) is 11.1. The summed E-state index contributed by atoms with van der Waals surface area (Å²) in [5.74, 6) is 0.656. The molecule has 4 heteroatoms. The molecule has 1 atom stereocenters. The molecule has 0 bridgehead atoms. The summed E-state index contributed by atoms with van der Waals surface area (Å²) >= 11 is 3.24. The second kappa shape index (κ2) is 5.44. The molecule has 0 spiro atoms. The molecule has 0 saturated carbocycles. The van der Waals surface area contributed by atoms with Crippen LogP contribution in [0.25, 0.3) is 0 Å². The molecule has 2 nitrogen and oxygen atoms in total. The predicted octanol–water partition coefficient (Wildman–Crippen LogP) is 4.70. The normalized spacial score (nSPS) is 17.2. The molecule has 1 aliphatic rings. The highest BCUT2D eigenvalue weighted by Crippen LogP contribution is 2.35. The van der Waals surface area contributed by atoms with E-state index in [1.165, 1.54) is 5.56 Å². The molecule has 2 aromatic carbocycles. The number of benzene rings is 2. The second-order valence-corrected chi connectivity index (χ2v) is 5.79. The Balaban J connectivity index is 1.85. The van der Waals surface area contributed by atoms with Gasteiger partial charge in [0, 0.05) is 5.69 Å². The second-order valence-electron chi connectivity index (χ2n) is 4.93. The first-order valence-corrected chi connectivity index (χ1v) is 7.35. The summed E-state index contributed by atoms with van der Waals surface area (Å²) in [5, 5.41) is 3.48. The molecule has 0 saturated heterocycles. The van der Waals surface area contributed by atoms with Gasteiger partial charge in [0.25, 0.3) is 0 Å². The lowest BCUT2D eigenvalue weighted by Crippen LogP contribution is -2.18. The summed E-state index contributed by atoms with van der Waals surface area (Å²) in [6.07, 6.45) is 1.84. The molecule has 1 aliphatic heterocycles. The van der Waals surface area contributed by atoms with Gasteiger partial charge in [-0.05, 0) is 64.2 Å². The Kier molecular flexibility index (Phi) is 3.66. The number of hydrogen-bond donors (Lipinski definition) is 1. The summed E-state index contributed by atoms with van der Waals surface area (Å²) in [6.45, 7) is 0. The average molecular weight is 336 g/mol. The minimum Gasteiger partial charge on any atom is -0.497 e. The first-order valence-electron chi connectivity index (χ1n) is 6.56. The fourth-order valence-electron chi connectivity index (χ4n) is 2.58. The first-order chi connectivity index (χ1) is 9.67. The molecular formula is C16H15BrFNO. The lowest BCUT2D eigenvalue weighted by Gasteiger charge is -2.28. The van der Waals surface area contributed by atoms with E-state index in [-0.39, 0.29) is 11.9 Å². The van der Waals surface area contributed by atoms with Gasteiger partial charge in [0.2, 0.25) is 0 Å². The lowest BCUT2D eigenvalue weighted by atomic mass is 9.93. The van der Waals surface area contributed by atoms with Crippen LogP contribution < -0.4 is 10.1 Å². The largest absolute Gasteiger partial charge is 0.497 e. The number of anilines is 1. The topological polar surface area (TPSA) is 21.3 Å². The van der Waals surface area contributed by atoms with E-state index in [4.69, 9.17) is 4.74 Å². The van der Waals surface area contributed by atoms with Crippen molar-refractivity contribution in [3.63, 3.8) is 0 Å². The van der Waals surface area contributed by atoms with Crippen LogP contribution in [0.2, 0.25) is 0 Å². The number of hydrogen-bond acceptors (Lipinski definition) is 2. The maximum atomic E-state index is 13.5. The summed E-state index contributed by atoms with van der Waals surface area (Å²) in [6, 6.07) is 11.8. The van der Waals surface area contributed by atoms with Crippen molar-refractivity contribution in [2.45, 2.75) is 18.9 Å². The van der Waals surface area contributed by atoms with Gasteiger partial charge in [-0.1, -0.05) is 12.1 Å². The number of aryl methyl sites for hydroxylation is 1. The van der Waals surface area contributed by atoms with Crippen LogP contribution in [0.5, 0.6) is 5.75 Å². The zero-order chi connectivity index (χ0) is 14.1. The number of nitrogens with one attached hydrogen (secondary N) is 1. The van der Waals surface area contributed by atoms with Crippen molar-refractivity contribution in [3.05, 3.63) is 57.8 Å². The molecule has 0 aromatic heterocycles. The van der Waals surface area contributed by atoms with Crippen molar-refractivity contribution in [2.24, 2.45) is 0 Å². The van der Waals surface area contributed by atoms with Gasteiger partial charge in [0.15, 0.2) is 0 Å². The van der Waals surface area contributed by atoms with E-state index in [2.05, 4.69) is 33.4 Å². The molecule has 0 aliphatic carbocycles. The molecule has 3 rings (SSSR count). The summed E-state index contributed by atoms with van der Waals surface area (Å²) in [4.78, 5) is 0. The number of fused-ring (bicyclic) bond motifs is 1. The monoisotopic (exact) mass is 335 g/mol. The molecule has 1 unspecified atom stereocenters. The summed E-state index contributed by atoms with van der Waals surface area (Å²) < 4.78 is 19.2. The quantitative estimate of drug-likeness (QED) is 0.859. The van der Waals surface area contributed by atoms with Crippen molar-refractivity contribution < 1.29 is 9.13 Å². The Morgan fingerprint density at radius 3 is 2.70 bits per heavy atom. The van der Waals surface area contributed by atoms with E-state index >= 15 is 0 Å². The van der Waals surface area contributed by atoms with Crippen LogP contribution in [0.4, 0.5) is 10.1 Å². The Morgan fingerprint density at radius 2 is 2.00 bits per heavy atom. The maximum absolute atomic E-state index is 13.5. The number of rotatable bonds is 2. The third kappa shape index (κ3) is 2.52. The third-order valence-electron chi connectivity index (χ3n) is 3.70. The van der Waals surface area contributed by atoms with Crippen LogP contribution in [0, 0.1) is 5.82 Å². The van der Waals surface area contributed by atoms with Crippen molar-refractivity contribution in [2.75, 3.05) is 12.4 Å². The Labute approximate surface area is 126 Å². The average Bonchev–Trinajstić information content (AvgIpc) is 2.48. The third-order valence-corrected chi connectivity index (χ3v) is 4.30. The van der Waals surface area contributed by atoms with Crippen LogP contribution in [0.3, 0.4) is 0 Å². The van der Waals surface area contributed by atoms with Gasteiger partial charge in [-0.15, -0.1) is 0 Å². The SMILES string of the molecule is COc1ccc(C2CCc3cc(F)c(Br)cc3N2)cc1. The van der Waals surface area contributed by atoms with Crippen LogP contribution in [-0.4, -0.2) is 7.11 Å². The van der Waals surface area contributed by atoms with Crippen LogP contribution in [0.1, 0.15) is 23.6 Å². The molecule has 20 heavy (non-hydrogen) atoms. The highest BCUT2D eigenvalue weighted by Gasteiger charge is 2.20. The van der Waals surface area contributed by atoms with E-state index < -0.39 is 0 Å². The number of ether oxygens (including phenoxy) is 1. The van der Waals surface area contributed by atoms with Crippen molar-refractivity contribution in [1.82, 2.24) is 0 Å². The van der Waals surface area contributed by atoms with Crippen molar-refractivity contribution >= 4 is 21.6 Å². The molecule has 0 amide bonds. The van der Waals surface area contributed by atoms with Gasteiger partial charge in [-0.2, -0.15) is 0 Å². The molecule has 0 radical (unpaired) electrons. The summed E-state index contributed by atoms with van der Waals surface area (Å²) in [7, 11) is 1.66. The van der Waals surface area contributed by atoms with Gasteiger partial charge < -0.3 is 10.1 Å². The highest BCUT2D eigenvalue weighted by atomic mass is 79.9. The Morgan fingerprint density at radius 1 is 1.25 bits per heavy atom. The lowest BCUT2D eigenvalue weighted by molar-refractivity contribution is 0.414. The van der Waals surface area contributed by atoms with E-state index in [0.29, 0.717) is 4.47 Å². The van der Waals surface area contributed by atoms with E-state index in [0.717, 1.165) is 29.8 Å². The minimum absolute atomic E-state index is 0.201. The smallest absolute Gasteiger partial charge is 0.137 e. The van der Waals surface area contributed by atoms with Gasteiger partial charge >= 0.3 is 0 Å². The standard InChI is InChI=1S/C16H15BrFNO/c1-20-12-5-2-10(3-6-12)15-7-4-11-8-14(18)13(17)9-16(11)19-15/h2-3,5-6,8-9,15,19H,4,7H2,1H3. The Bertz CT molecular complexity index is 627. The van der Waals surface area contributed by atoms with Crippen LogP contribution in [-0.2, 0) is 6.42 Å². The van der Waals surface area contributed by atoms with Gasteiger partial charge in [-0.25, -0.2) is 4.39 Å². The molecular weight excluding hydrogens is 321 g/mol. The van der Waals surface area contributed by atoms with Gasteiger partial charge in [0.1, 0.15) is 11.6 Å². The fraction of sp³-hybridized carbons (Fsp3) is 0.250. The highest BCUT2D eigenvalue weighted by molar-refractivity contribution is 9.10. The predicted molar refractivity (Wildman–Crippen MR) is 81.8 cm³/mol. The van der Waals surface area contributed by atoms with E-state index in [1.54, 1.807) is 13.2 Å². The van der Waals surface area contributed by atoms with Crippen LogP contribution in [0.15, 0.2) is 40.9 Å². The van der Waals surface area contributed by atoms with Crippen molar-refractivity contribution in [3.8, 4) is 5.75 Å². The summed E-state index contributed by atoms with van der Waals surface area (Å²) in [5.41, 5.74) is 3.26. The first kappa shape index (κ1) is 13.4. The molecule has 1 N–H and O–H groups in total. The van der Waals surface area contributed by atoms with E-state index in [1.807, 2.05) is 18.2 Å². The molecule has 0 fully saturated rings. The molecule has 104 valence electrons. The van der Waals surface area contributed by atoms with Gasteiger partial charge in [0.05, 0.1) is 17.6 Å². The zero-order valence-corrected chi connectivity index (χ0v) is 12.7. The minimum atomic E-state index is -0.201. The molecule has 2 aromatic rings. The number of halogens is 2. The Hall–Kier alpha value is -1.55. The number of methoxy groups -OCH3 is 1. The molecule has 1 heterocycles. The van der Waals surface area contributed by atoms with Gasteiger partial charge in [-0.3, -0.25) is 0 Å². The van der Waals surface area contributed by atoms with Crippen LogP contribution >= 0.6 is 15.9 Å². The van der Waals surface area contributed by atoms with Crippen molar-refractivity contribution in [1.29, 1.82) is 0 Å².